The van der Waals surface area contributed by atoms with Crippen LogP contribution in [0.4, 0.5) is 0 Å². The van der Waals surface area contributed by atoms with Gasteiger partial charge >= 0.3 is 5.97 Å². The molecule has 162 valence electrons. The molecule has 2 heterocycles. The summed E-state index contributed by atoms with van der Waals surface area (Å²) in [7, 11) is 0. The van der Waals surface area contributed by atoms with E-state index in [1.54, 1.807) is 0 Å². The second-order valence-corrected chi connectivity index (χ2v) is 8.48. The number of nitrogens with one attached hydrogen (secondary N) is 1. The minimum absolute atomic E-state index is 0.0764. The molecule has 2 aliphatic rings. The Hall–Kier alpha value is -2.43. The van der Waals surface area contributed by atoms with E-state index in [-0.39, 0.29) is 31.4 Å². The molecule has 0 bridgehead atoms. The van der Waals surface area contributed by atoms with Gasteiger partial charge in [0, 0.05) is 13.3 Å². The smallest absolute Gasteiger partial charge is 0.328 e. The Morgan fingerprint density at radius 2 is 2.00 bits per heavy atom. The fourth-order valence-electron chi connectivity index (χ4n) is 3.50. The number of thioether (sulfide) groups is 1. The Morgan fingerprint density at radius 3 is 2.67 bits per heavy atom. The molecule has 0 aliphatic carbocycles. The van der Waals surface area contributed by atoms with Gasteiger partial charge in [-0.3, -0.25) is 19.3 Å². The van der Waals surface area contributed by atoms with Gasteiger partial charge in [-0.05, 0) is 12.0 Å². The molecule has 2 saturated heterocycles. The van der Waals surface area contributed by atoms with Gasteiger partial charge in [-0.15, -0.1) is 0 Å². The van der Waals surface area contributed by atoms with Crippen LogP contribution >= 0.6 is 11.8 Å². The fraction of sp³-hybridized carbons (Fsp3) is 0.500. The number of hydrogen-bond acceptors (Lipinski definition) is 7. The Morgan fingerprint density at radius 1 is 1.27 bits per heavy atom. The van der Waals surface area contributed by atoms with Crippen molar-refractivity contribution < 1.29 is 33.8 Å². The number of carbonyl (C=O) groups is 4. The van der Waals surface area contributed by atoms with Crippen LogP contribution in [-0.4, -0.2) is 76.3 Å². The minimum Gasteiger partial charge on any atom is -0.480 e. The number of aliphatic carboxylic acids is 1. The molecule has 1 aromatic rings. The van der Waals surface area contributed by atoms with Crippen molar-refractivity contribution in [3.8, 4) is 0 Å². The normalized spacial score (nSPS) is 25.0. The van der Waals surface area contributed by atoms with E-state index >= 15 is 0 Å². The first kappa shape index (κ1) is 22.3. The van der Waals surface area contributed by atoms with Gasteiger partial charge in [0.2, 0.25) is 11.8 Å². The van der Waals surface area contributed by atoms with Crippen LogP contribution in [0.3, 0.4) is 0 Å². The predicted octanol–water partition coefficient (Wildman–Crippen LogP) is 0.421. The van der Waals surface area contributed by atoms with Crippen molar-refractivity contribution in [2.24, 2.45) is 0 Å². The van der Waals surface area contributed by atoms with E-state index in [0.717, 1.165) is 22.2 Å². The van der Waals surface area contributed by atoms with E-state index in [2.05, 4.69) is 5.32 Å². The lowest BCUT2D eigenvalue weighted by Crippen LogP contribution is -2.61. The molecular weight excluding hydrogens is 412 g/mol. The standard InChI is InChI=1S/C20H24N2O7S/c1-12(23)30-16(9-13-5-3-2-4-6-13)18(24)21-14-7-8-29-17-11-28-10-15(20(26)27)22(17)19(14)25/h2-6,14-17H,7-11H2,1H3,(H,21,24)(H,26,27)/t14-,15-,16+,17-/m0/s1. The molecule has 2 N–H and O–H groups in total. The highest BCUT2D eigenvalue weighted by atomic mass is 32.2. The van der Waals surface area contributed by atoms with Crippen molar-refractivity contribution in [2.45, 2.75) is 43.3 Å². The second kappa shape index (κ2) is 10.1. The zero-order valence-electron chi connectivity index (χ0n) is 16.5. The summed E-state index contributed by atoms with van der Waals surface area (Å²) in [6.07, 6.45) is -0.278. The highest BCUT2D eigenvalue weighted by molar-refractivity contribution is 8.14. The summed E-state index contributed by atoms with van der Waals surface area (Å²) < 4.78 is 10.8. The number of morpholine rings is 1. The summed E-state index contributed by atoms with van der Waals surface area (Å²) >= 11 is 0.905. The molecule has 3 rings (SSSR count). The van der Waals surface area contributed by atoms with Crippen LogP contribution in [0.5, 0.6) is 0 Å². The summed E-state index contributed by atoms with van der Waals surface area (Å²) in [4.78, 5) is 50.4. The zero-order valence-corrected chi connectivity index (χ0v) is 17.3. The van der Waals surface area contributed by atoms with Crippen molar-refractivity contribution in [1.82, 2.24) is 10.2 Å². The van der Waals surface area contributed by atoms with Gasteiger partial charge in [0.25, 0.3) is 0 Å². The maximum atomic E-state index is 13.1. The number of benzene rings is 1. The first-order valence-corrected chi connectivity index (χ1v) is 10.5. The van der Waals surface area contributed by atoms with Crippen molar-refractivity contribution in [1.29, 1.82) is 0 Å². The number of hydrogen-bond donors (Lipinski definition) is 2. The molecule has 0 aromatic heterocycles. The predicted molar refractivity (Wildman–Crippen MR) is 108 cm³/mol. The SMILES string of the molecule is CC(=O)S[C@H](Cc1ccccc1)C(=O)N[C@H]1CCO[C@H]2COC[C@@H](C(=O)O)N2C1=O. The Balaban J connectivity index is 1.74. The molecular formula is C20H24N2O7S. The summed E-state index contributed by atoms with van der Waals surface area (Å²) in [5.74, 6) is -2.17. The van der Waals surface area contributed by atoms with Gasteiger partial charge in [-0.2, -0.15) is 0 Å². The molecule has 4 atom stereocenters. The number of carboxylic acids is 1. The lowest BCUT2D eigenvalue weighted by Gasteiger charge is -2.39. The molecule has 2 amide bonds. The average molecular weight is 436 g/mol. The number of nitrogens with zero attached hydrogens (tertiary/aromatic N) is 1. The largest absolute Gasteiger partial charge is 0.480 e. The van der Waals surface area contributed by atoms with E-state index < -0.39 is 41.3 Å². The number of ether oxygens (including phenoxy) is 2. The molecule has 30 heavy (non-hydrogen) atoms. The van der Waals surface area contributed by atoms with Crippen LogP contribution in [0.15, 0.2) is 30.3 Å². The van der Waals surface area contributed by atoms with Gasteiger partial charge in [0.15, 0.2) is 17.4 Å². The van der Waals surface area contributed by atoms with E-state index in [0.29, 0.717) is 6.42 Å². The Bertz CT molecular complexity index is 804. The third-order valence-corrected chi connectivity index (χ3v) is 5.91. The molecule has 10 heteroatoms. The molecule has 0 saturated carbocycles. The van der Waals surface area contributed by atoms with Crippen LogP contribution in [-0.2, 0) is 35.1 Å². The van der Waals surface area contributed by atoms with Gasteiger partial charge in [0.1, 0.15) is 6.04 Å². The number of fused-ring (bicyclic) bond motifs is 1. The summed E-state index contributed by atoms with van der Waals surface area (Å²) in [6, 6.07) is 7.16. The topological polar surface area (TPSA) is 122 Å². The third-order valence-electron chi connectivity index (χ3n) is 4.92. The second-order valence-electron chi connectivity index (χ2n) is 7.10. The van der Waals surface area contributed by atoms with E-state index in [1.165, 1.54) is 6.92 Å². The first-order chi connectivity index (χ1) is 14.4. The first-order valence-electron chi connectivity index (χ1n) is 9.62. The third kappa shape index (κ3) is 5.38. The van der Waals surface area contributed by atoms with Crippen LogP contribution in [0, 0.1) is 0 Å². The fourth-order valence-corrected chi connectivity index (χ4v) is 4.35. The number of amides is 2. The van der Waals surface area contributed by atoms with Gasteiger partial charge in [0.05, 0.1) is 25.1 Å². The van der Waals surface area contributed by atoms with Crippen molar-refractivity contribution in [2.75, 3.05) is 19.8 Å². The monoisotopic (exact) mass is 436 g/mol. The average Bonchev–Trinajstić information content (AvgIpc) is 2.87. The van der Waals surface area contributed by atoms with Gasteiger partial charge in [-0.25, -0.2) is 4.79 Å². The van der Waals surface area contributed by atoms with Gasteiger partial charge < -0.3 is 19.9 Å². The maximum Gasteiger partial charge on any atom is 0.328 e. The number of carbonyl (C=O) groups excluding carboxylic acids is 3. The highest BCUT2D eigenvalue weighted by Crippen LogP contribution is 2.22. The lowest BCUT2D eigenvalue weighted by atomic mass is 10.1. The number of carboxylic acid groups (broad SMARTS) is 1. The summed E-state index contributed by atoms with van der Waals surface area (Å²) in [5.41, 5.74) is 0.890. The van der Waals surface area contributed by atoms with E-state index in [4.69, 9.17) is 9.47 Å². The van der Waals surface area contributed by atoms with Crippen LogP contribution in [0.2, 0.25) is 0 Å². The number of rotatable bonds is 6. The highest BCUT2D eigenvalue weighted by Gasteiger charge is 2.44. The molecule has 2 aliphatic heterocycles. The minimum atomic E-state index is -1.20. The lowest BCUT2D eigenvalue weighted by molar-refractivity contribution is -0.187. The van der Waals surface area contributed by atoms with Crippen molar-refractivity contribution in [3.05, 3.63) is 35.9 Å². The Labute approximate surface area is 178 Å². The summed E-state index contributed by atoms with van der Waals surface area (Å²) in [5, 5.41) is 11.2. The molecule has 9 nitrogen and oxygen atoms in total. The molecule has 0 unspecified atom stereocenters. The summed E-state index contributed by atoms with van der Waals surface area (Å²) in [6.45, 7) is 1.48. The molecule has 1 aromatic carbocycles. The van der Waals surface area contributed by atoms with E-state index in [9.17, 15) is 24.3 Å². The molecule has 2 fully saturated rings. The quantitative estimate of drug-likeness (QED) is 0.658. The van der Waals surface area contributed by atoms with Crippen molar-refractivity contribution in [3.63, 3.8) is 0 Å². The van der Waals surface area contributed by atoms with Crippen molar-refractivity contribution >= 4 is 34.7 Å². The molecule has 0 spiro atoms. The van der Waals surface area contributed by atoms with Crippen LogP contribution < -0.4 is 5.32 Å². The maximum absolute atomic E-state index is 13.1. The van der Waals surface area contributed by atoms with E-state index in [1.807, 2.05) is 30.3 Å². The van der Waals surface area contributed by atoms with Crippen LogP contribution in [0.1, 0.15) is 18.9 Å². The molecule has 0 radical (unpaired) electrons. The van der Waals surface area contributed by atoms with Gasteiger partial charge in [-0.1, -0.05) is 42.1 Å². The zero-order chi connectivity index (χ0) is 21.7. The Kier molecular flexibility index (Phi) is 7.46. The van der Waals surface area contributed by atoms with Crippen LogP contribution in [0.25, 0.3) is 0 Å².